The number of rotatable bonds is 5. The van der Waals surface area contributed by atoms with E-state index in [0.717, 1.165) is 47.8 Å². The molecule has 0 saturated carbocycles. The van der Waals surface area contributed by atoms with Gasteiger partial charge in [0.25, 0.3) is 0 Å². The van der Waals surface area contributed by atoms with Crippen LogP contribution in [-0.4, -0.2) is 45.5 Å². The van der Waals surface area contributed by atoms with Gasteiger partial charge in [0.15, 0.2) is 5.65 Å². The van der Waals surface area contributed by atoms with Crippen LogP contribution in [0.1, 0.15) is 29.6 Å². The fourth-order valence-electron chi connectivity index (χ4n) is 3.58. The lowest BCUT2D eigenvalue weighted by Crippen LogP contribution is -2.38. The molecule has 0 spiro atoms. The second-order valence-corrected chi connectivity index (χ2v) is 7.56. The third-order valence-electron chi connectivity index (χ3n) is 4.87. The summed E-state index contributed by atoms with van der Waals surface area (Å²) >= 11 is 1.63. The average molecular weight is 382 g/mol. The Morgan fingerprint density at radius 2 is 2.19 bits per heavy atom. The predicted octanol–water partition coefficient (Wildman–Crippen LogP) is 3.52. The molecule has 0 radical (unpaired) electrons. The van der Waals surface area contributed by atoms with Gasteiger partial charge in [-0.15, -0.1) is 11.3 Å². The van der Waals surface area contributed by atoms with Crippen molar-refractivity contribution >= 4 is 34.5 Å². The van der Waals surface area contributed by atoms with E-state index in [4.69, 9.17) is 4.74 Å². The summed E-state index contributed by atoms with van der Waals surface area (Å²) in [5.41, 5.74) is 1.79. The molecule has 1 aliphatic heterocycles. The summed E-state index contributed by atoms with van der Waals surface area (Å²) in [6, 6.07) is 8.15. The number of carbonyl (C=O) groups excluding carboxylic acids is 1. The minimum atomic E-state index is 0.0765. The Labute approximate surface area is 162 Å². The largest absolute Gasteiger partial charge is 0.377 e. The summed E-state index contributed by atoms with van der Waals surface area (Å²) in [6.07, 6.45) is 7.14. The highest BCUT2D eigenvalue weighted by atomic mass is 32.1. The van der Waals surface area contributed by atoms with E-state index < -0.39 is 0 Å². The maximum absolute atomic E-state index is 12.5. The van der Waals surface area contributed by atoms with Crippen LogP contribution in [0.5, 0.6) is 0 Å². The van der Waals surface area contributed by atoms with E-state index >= 15 is 0 Å². The van der Waals surface area contributed by atoms with Crippen LogP contribution in [0.2, 0.25) is 0 Å². The number of amides is 1. The maximum atomic E-state index is 12.5. The zero-order valence-electron chi connectivity index (χ0n) is 15.2. The minimum absolute atomic E-state index is 0.0765. The van der Waals surface area contributed by atoms with Gasteiger partial charge in [0.2, 0.25) is 5.91 Å². The van der Waals surface area contributed by atoms with Gasteiger partial charge in [-0.2, -0.15) is 0 Å². The molecule has 0 atom stereocenters. The molecule has 1 saturated heterocycles. The van der Waals surface area contributed by atoms with Crippen LogP contribution in [0, 0.1) is 0 Å². The molecular formula is C20H22N4O2S. The zero-order chi connectivity index (χ0) is 18.6. The molecule has 6 nitrogen and oxygen atoms in total. The van der Waals surface area contributed by atoms with Gasteiger partial charge in [0.05, 0.1) is 0 Å². The number of nitrogens with zero attached hydrogens (tertiary/aromatic N) is 4. The first-order valence-electron chi connectivity index (χ1n) is 9.07. The smallest absolute Gasteiger partial charge is 0.246 e. The molecule has 0 N–H and O–H groups in total. The number of ether oxygens (including phenoxy) is 1. The predicted molar refractivity (Wildman–Crippen MR) is 106 cm³/mol. The van der Waals surface area contributed by atoms with E-state index in [1.165, 1.54) is 0 Å². The van der Waals surface area contributed by atoms with Crippen LogP contribution in [0.3, 0.4) is 0 Å². The van der Waals surface area contributed by atoms with Crippen molar-refractivity contribution in [3.63, 3.8) is 0 Å². The molecule has 0 unspecified atom stereocenters. The Morgan fingerprint density at radius 3 is 2.93 bits per heavy atom. The highest BCUT2D eigenvalue weighted by Crippen LogP contribution is 2.28. The van der Waals surface area contributed by atoms with Crippen molar-refractivity contribution in [1.29, 1.82) is 0 Å². The lowest BCUT2D eigenvalue weighted by molar-refractivity contribution is -0.127. The quantitative estimate of drug-likeness (QED) is 0.634. The van der Waals surface area contributed by atoms with Crippen molar-refractivity contribution in [3.8, 4) is 0 Å². The molecule has 27 heavy (non-hydrogen) atoms. The fraction of sp³-hybridized carbons (Fsp3) is 0.350. The van der Waals surface area contributed by atoms with Crippen LogP contribution >= 0.6 is 11.3 Å². The summed E-state index contributed by atoms with van der Waals surface area (Å²) < 4.78 is 7.53. The second kappa shape index (κ2) is 8.02. The Balaban J connectivity index is 1.47. The number of fused-ring (bicyclic) bond motifs is 1. The number of carbonyl (C=O) groups is 1. The fourth-order valence-corrected chi connectivity index (χ4v) is 4.20. The monoisotopic (exact) mass is 382 g/mol. The van der Waals surface area contributed by atoms with Crippen LogP contribution in [-0.2, 0) is 16.1 Å². The first kappa shape index (κ1) is 17.9. The number of thiophene rings is 1. The highest BCUT2D eigenvalue weighted by Gasteiger charge is 2.26. The normalized spacial score (nSPS) is 15.8. The van der Waals surface area contributed by atoms with Crippen LogP contribution < -0.4 is 0 Å². The number of pyridine rings is 1. The van der Waals surface area contributed by atoms with Gasteiger partial charge in [-0.05, 0) is 42.5 Å². The molecule has 1 fully saturated rings. The summed E-state index contributed by atoms with van der Waals surface area (Å²) in [5.74, 6) is 0.973. The van der Waals surface area contributed by atoms with Gasteiger partial charge < -0.3 is 14.2 Å². The molecule has 3 aromatic heterocycles. The summed E-state index contributed by atoms with van der Waals surface area (Å²) in [6.45, 7) is 1.92. The van der Waals surface area contributed by atoms with Crippen LogP contribution in [0.15, 0.2) is 41.9 Å². The van der Waals surface area contributed by atoms with E-state index in [0.29, 0.717) is 6.61 Å². The molecule has 0 aromatic carbocycles. The van der Waals surface area contributed by atoms with Crippen molar-refractivity contribution in [3.05, 3.63) is 52.6 Å². The molecular weight excluding hydrogens is 360 g/mol. The van der Waals surface area contributed by atoms with Crippen LogP contribution in [0.4, 0.5) is 0 Å². The van der Waals surface area contributed by atoms with E-state index in [-0.39, 0.29) is 11.9 Å². The number of hydrogen-bond acceptors (Lipinski definition) is 5. The molecule has 0 bridgehead atoms. The molecule has 1 amide bonds. The SMILES string of the molecule is COCc1nc2cccnc2n1C1CCN(C(=O)/C=C/c2cccs2)CC1. The van der Waals surface area contributed by atoms with Gasteiger partial charge in [0, 0.05) is 43.4 Å². The van der Waals surface area contributed by atoms with Crippen molar-refractivity contribution < 1.29 is 9.53 Å². The Bertz CT molecular complexity index is 940. The van der Waals surface area contributed by atoms with Crippen LogP contribution in [0.25, 0.3) is 17.2 Å². The van der Waals surface area contributed by atoms with Crippen molar-refractivity contribution in [2.75, 3.05) is 20.2 Å². The molecule has 1 aliphatic rings. The van der Waals surface area contributed by atoms with Crippen molar-refractivity contribution in [1.82, 2.24) is 19.4 Å². The Kier molecular flexibility index (Phi) is 5.31. The standard InChI is InChI=1S/C20H22N4O2S/c1-26-14-18-22-17-5-2-10-21-20(17)24(18)15-8-11-23(12-9-15)19(25)7-6-16-4-3-13-27-16/h2-7,10,13,15H,8-9,11-12,14H2,1H3/b7-6+. The zero-order valence-corrected chi connectivity index (χ0v) is 16.1. The van der Waals surface area contributed by atoms with E-state index in [2.05, 4.69) is 14.5 Å². The first-order valence-corrected chi connectivity index (χ1v) is 9.95. The third-order valence-corrected chi connectivity index (χ3v) is 5.71. The van der Waals surface area contributed by atoms with Gasteiger partial charge >= 0.3 is 0 Å². The lowest BCUT2D eigenvalue weighted by Gasteiger charge is -2.32. The lowest BCUT2D eigenvalue weighted by atomic mass is 10.0. The number of aromatic nitrogens is 3. The molecule has 7 heteroatoms. The molecule has 4 heterocycles. The highest BCUT2D eigenvalue weighted by molar-refractivity contribution is 7.10. The number of imidazole rings is 1. The number of piperidine rings is 1. The average Bonchev–Trinajstić information content (AvgIpc) is 3.34. The number of hydrogen-bond donors (Lipinski definition) is 0. The summed E-state index contributed by atoms with van der Waals surface area (Å²) in [7, 11) is 1.68. The van der Waals surface area contributed by atoms with Crippen molar-refractivity contribution in [2.24, 2.45) is 0 Å². The van der Waals surface area contributed by atoms with Gasteiger partial charge in [0.1, 0.15) is 17.9 Å². The summed E-state index contributed by atoms with van der Waals surface area (Å²) in [4.78, 5) is 24.7. The van der Waals surface area contributed by atoms with Gasteiger partial charge in [-0.1, -0.05) is 6.07 Å². The van der Waals surface area contributed by atoms with E-state index in [9.17, 15) is 4.79 Å². The second-order valence-electron chi connectivity index (χ2n) is 6.58. The topological polar surface area (TPSA) is 60.3 Å². The number of likely N-dealkylation sites (tertiary alicyclic amines) is 1. The van der Waals surface area contributed by atoms with Crippen molar-refractivity contribution in [2.45, 2.75) is 25.5 Å². The van der Waals surface area contributed by atoms with Gasteiger partial charge in [-0.25, -0.2) is 9.97 Å². The Morgan fingerprint density at radius 1 is 1.33 bits per heavy atom. The molecule has 3 aromatic rings. The first-order chi connectivity index (χ1) is 13.3. The molecule has 140 valence electrons. The van der Waals surface area contributed by atoms with E-state index in [1.54, 1.807) is 30.7 Å². The molecule has 4 rings (SSSR count). The minimum Gasteiger partial charge on any atom is -0.377 e. The maximum Gasteiger partial charge on any atom is 0.246 e. The number of methoxy groups -OCH3 is 1. The summed E-state index contributed by atoms with van der Waals surface area (Å²) in [5, 5.41) is 2.01. The van der Waals surface area contributed by atoms with Gasteiger partial charge in [-0.3, -0.25) is 4.79 Å². The van der Waals surface area contributed by atoms with E-state index in [1.807, 2.05) is 40.6 Å². The third kappa shape index (κ3) is 3.79. The Hall–Kier alpha value is -2.51. The molecule has 0 aliphatic carbocycles.